The Labute approximate surface area is 181 Å². The van der Waals surface area contributed by atoms with E-state index in [4.69, 9.17) is 4.74 Å². The van der Waals surface area contributed by atoms with E-state index in [0.717, 1.165) is 12.8 Å². The van der Waals surface area contributed by atoms with Crippen LogP contribution in [-0.2, 0) is 0 Å². The zero-order chi connectivity index (χ0) is 21.5. The van der Waals surface area contributed by atoms with E-state index in [1.165, 1.54) is 18.1 Å². The van der Waals surface area contributed by atoms with Crippen molar-refractivity contribution in [2.45, 2.75) is 37.3 Å². The van der Waals surface area contributed by atoms with Crippen molar-refractivity contribution in [3.8, 4) is 5.75 Å². The first kappa shape index (κ1) is 20.8. The van der Waals surface area contributed by atoms with Gasteiger partial charge in [-0.1, -0.05) is 12.1 Å². The summed E-state index contributed by atoms with van der Waals surface area (Å²) >= 11 is 3.32. The molecule has 1 heterocycles. The van der Waals surface area contributed by atoms with Gasteiger partial charge in [0.25, 0.3) is 17.7 Å². The van der Waals surface area contributed by atoms with Crippen LogP contribution in [0.2, 0.25) is 0 Å². The molecule has 0 bridgehead atoms. The van der Waals surface area contributed by atoms with Gasteiger partial charge in [0, 0.05) is 23.6 Å². The van der Waals surface area contributed by atoms with E-state index in [0.29, 0.717) is 21.3 Å². The molecule has 2 amide bonds. The van der Waals surface area contributed by atoms with E-state index in [1.54, 1.807) is 36.4 Å². The maximum absolute atomic E-state index is 14.3. The lowest BCUT2D eigenvalue weighted by molar-refractivity contribution is 0.0118. The molecule has 1 aliphatic carbocycles. The van der Waals surface area contributed by atoms with Crippen LogP contribution in [0.3, 0.4) is 0 Å². The van der Waals surface area contributed by atoms with Gasteiger partial charge >= 0.3 is 0 Å². The molecule has 1 N–H and O–H groups in total. The molecule has 2 fully saturated rings. The first-order valence-electron chi connectivity index (χ1n) is 9.70. The number of benzene rings is 2. The average molecular weight is 479 g/mol. The molecular formula is C22H21BrF2N2O3. The Bertz CT molecular complexity index is 994. The summed E-state index contributed by atoms with van der Waals surface area (Å²) in [4.78, 5) is 26.7. The first-order valence-corrected chi connectivity index (χ1v) is 10.5. The number of hydrogen-bond acceptors (Lipinski definition) is 3. The Balaban J connectivity index is 1.63. The third-order valence-electron chi connectivity index (χ3n) is 5.37. The normalized spacial score (nSPS) is 20.1. The fraction of sp³-hybridized carbons (Fsp3) is 0.364. The lowest BCUT2D eigenvalue weighted by atomic mass is 10.00. The molecule has 30 heavy (non-hydrogen) atoms. The van der Waals surface area contributed by atoms with Crippen LogP contribution < -0.4 is 10.1 Å². The molecule has 4 rings (SSSR count). The molecule has 1 aliphatic heterocycles. The number of carbonyl (C=O) groups is 2. The van der Waals surface area contributed by atoms with E-state index in [-0.39, 0.29) is 17.5 Å². The molecule has 0 radical (unpaired) electrons. The Hall–Kier alpha value is -2.48. The second-order valence-corrected chi connectivity index (χ2v) is 8.59. The number of nitrogens with zero attached hydrogens (tertiary/aromatic N) is 1. The predicted octanol–water partition coefficient (Wildman–Crippen LogP) is 4.57. The highest BCUT2D eigenvalue weighted by Gasteiger charge is 2.47. The number of methoxy groups -OCH3 is 1. The summed E-state index contributed by atoms with van der Waals surface area (Å²) in [6.07, 6.45) is 1.43. The SMILES string of the molecule is COc1cc(C(=O)N2CC(F)(F)C[C@@H]2c2cccc(C(=O)NC3CC3)c2)ccc1Br. The Kier molecular flexibility index (Phi) is 5.53. The van der Waals surface area contributed by atoms with Crippen molar-refractivity contribution in [2.75, 3.05) is 13.7 Å². The molecule has 5 nitrogen and oxygen atoms in total. The Morgan fingerprint density at radius 3 is 2.63 bits per heavy atom. The smallest absolute Gasteiger partial charge is 0.267 e. The van der Waals surface area contributed by atoms with Gasteiger partial charge in [0.2, 0.25) is 0 Å². The lowest BCUT2D eigenvalue weighted by Gasteiger charge is -2.25. The van der Waals surface area contributed by atoms with Crippen LogP contribution in [0.15, 0.2) is 46.9 Å². The molecule has 2 aromatic carbocycles. The number of nitrogens with one attached hydrogen (secondary N) is 1. The van der Waals surface area contributed by atoms with Crippen molar-refractivity contribution in [3.63, 3.8) is 0 Å². The second kappa shape index (κ2) is 7.98. The Morgan fingerprint density at radius 2 is 1.93 bits per heavy atom. The number of amides is 2. The van der Waals surface area contributed by atoms with Crippen molar-refractivity contribution < 1.29 is 23.1 Å². The first-order chi connectivity index (χ1) is 14.3. The topological polar surface area (TPSA) is 58.6 Å². The zero-order valence-electron chi connectivity index (χ0n) is 16.3. The van der Waals surface area contributed by atoms with Gasteiger partial charge in [0.1, 0.15) is 5.75 Å². The third kappa shape index (κ3) is 4.33. The van der Waals surface area contributed by atoms with Crippen molar-refractivity contribution in [3.05, 3.63) is 63.6 Å². The van der Waals surface area contributed by atoms with Crippen molar-refractivity contribution in [2.24, 2.45) is 0 Å². The van der Waals surface area contributed by atoms with Gasteiger partial charge in [0.05, 0.1) is 24.2 Å². The molecule has 8 heteroatoms. The zero-order valence-corrected chi connectivity index (χ0v) is 17.9. The fourth-order valence-electron chi connectivity index (χ4n) is 3.67. The van der Waals surface area contributed by atoms with Crippen molar-refractivity contribution in [1.29, 1.82) is 0 Å². The third-order valence-corrected chi connectivity index (χ3v) is 6.03. The number of hydrogen-bond donors (Lipinski definition) is 1. The second-order valence-electron chi connectivity index (χ2n) is 7.73. The van der Waals surface area contributed by atoms with Gasteiger partial charge in [-0.3, -0.25) is 9.59 Å². The van der Waals surface area contributed by atoms with Gasteiger partial charge < -0.3 is 15.0 Å². The summed E-state index contributed by atoms with van der Waals surface area (Å²) in [5.74, 6) is -3.29. The molecule has 2 aliphatic rings. The number of carbonyl (C=O) groups excluding carboxylic acids is 2. The summed E-state index contributed by atoms with van der Waals surface area (Å²) in [6, 6.07) is 10.7. The van der Waals surface area contributed by atoms with Crippen LogP contribution in [0.4, 0.5) is 8.78 Å². The number of alkyl halides is 2. The van der Waals surface area contributed by atoms with Gasteiger partial charge in [-0.05, 0) is 64.7 Å². The van der Waals surface area contributed by atoms with E-state index in [1.807, 2.05) is 0 Å². The molecule has 0 aromatic heterocycles. The van der Waals surface area contributed by atoms with Crippen molar-refractivity contribution >= 4 is 27.7 Å². The summed E-state index contributed by atoms with van der Waals surface area (Å²) in [5, 5.41) is 2.90. The predicted molar refractivity (Wildman–Crippen MR) is 111 cm³/mol. The van der Waals surface area contributed by atoms with Crippen LogP contribution >= 0.6 is 15.9 Å². The quantitative estimate of drug-likeness (QED) is 0.684. The monoisotopic (exact) mass is 478 g/mol. The highest BCUT2D eigenvalue weighted by atomic mass is 79.9. The minimum absolute atomic E-state index is 0.197. The van der Waals surface area contributed by atoms with Crippen molar-refractivity contribution in [1.82, 2.24) is 10.2 Å². The van der Waals surface area contributed by atoms with Crippen LogP contribution in [0.5, 0.6) is 5.75 Å². The molecular weight excluding hydrogens is 458 g/mol. The van der Waals surface area contributed by atoms with Crippen LogP contribution in [0.25, 0.3) is 0 Å². The molecule has 1 saturated carbocycles. The molecule has 1 saturated heterocycles. The van der Waals surface area contributed by atoms with Gasteiger partial charge in [0.15, 0.2) is 0 Å². The number of likely N-dealkylation sites (tertiary alicyclic amines) is 1. The van der Waals surface area contributed by atoms with Crippen LogP contribution in [0, 0.1) is 0 Å². The van der Waals surface area contributed by atoms with E-state index < -0.39 is 30.8 Å². The minimum atomic E-state index is -3.01. The maximum Gasteiger partial charge on any atom is 0.267 e. The lowest BCUT2D eigenvalue weighted by Crippen LogP contribution is -2.33. The summed E-state index contributed by atoms with van der Waals surface area (Å²) in [5.41, 5.74) is 1.20. The molecule has 2 aromatic rings. The van der Waals surface area contributed by atoms with E-state index in [9.17, 15) is 18.4 Å². The minimum Gasteiger partial charge on any atom is -0.496 e. The summed E-state index contributed by atoms with van der Waals surface area (Å²) < 4.78 is 34.6. The number of rotatable bonds is 5. The molecule has 0 spiro atoms. The fourth-order valence-corrected chi connectivity index (χ4v) is 4.08. The molecule has 158 valence electrons. The van der Waals surface area contributed by atoms with Gasteiger partial charge in [-0.2, -0.15) is 0 Å². The van der Waals surface area contributed by atoms with E-state index >= 15 is 0 Å². The standard InChI is InChI=1S/C22H21BrF2N2O3/c1-30-19-10-15(5-8-17(19)23)21(29)27-12-22(24,25)11-18(27)13-3-2-4-14(9-13)20(28)26-16-6-7-16/h2-5,8-10,16,18H,6-7,11-12H2,1H3,(H,26,28)/t18-/m1/s1. The molecule has 1 atom stereocenters. The van der Waals surface area contributed by atoms with Crippen LogP contribution in [0.1, 0.15) is 51.6 Å². The largest absolute Gasteiger partial charge is 0.496 e. The maximum atomic E-state index is 14.3. The highest BCUT2D eigenvalue weighted by molar-refractivity contribution is 9.10. The van der Waals surface area contributed by atoms with Gasteiger partial charge in [-0.25, -0.2) is 8.78 Å². The van der Waals surface area contributed by atoms with Gasteiger partial charge in [-0.15, -0.1) is 0 Å². The number of ether oxygens (including phenoxy) is 1. The average Bonchev–Trinajstić information content (AvgIpc) is 3.48. The highest BCUT2D eigenvalue weighted by Crippen LogP contribution is 2.42. The van der Waals surface area contributed by atoms with Crippen LogP contribution in [-0.4, -0.2) is 42.3 Å². The Morgan fingerprint density at radius 1 is 1.17 bits per heavy atom. The summed E-state index contributed by atoms with van der Waals surface area (Å²) in [7, 11) is 1.47. The van der Waals surface area contributed by atoms with E-state index in [2.05, 4.69) is 21.2 Å². The number of halogens is 3. The molecule has 0 unspecified atom stereocenters. The summed E-state index contributed by atoms with van der Waals surface area (Å²) in [6.45, 7) is -0.673.